The van der Waals surface area contributed by atoms with Gasteiger partial charge in [-0.25, -0.2) is 0 Å². The Morgan fingerprint density at radius 1 is 0.852 bits per heavy atom. The Morgan fingerprint density at radius 3 is 2.52 bits per heavy atom. The number of nitrogens with zero attached hydrogens (tertiary/aromatic N) is 3. The van der Waals surface area contributed by atoms with Gasteiger partial charge < -0.3 is 10.6 Å². The van der Waals surface area contributed by atoms with Crippen molar-refractivity contribution in [1.82, 2.24) is 9.97 Å². The normalized spacial score (nSPS) is 12.7. The molecule has 0 amide bonds. The molecule has 27 heavy (non-hydrogen) atoms. The molecule has 0 saturated heterocycles. The maximum Gasteiger partial charge on any atom is 0.0613 e. The molecule has 0 atom stereocenters. The third-order valence-electron chi connectivity index (χ3n) is 4.95. The standard InChI is InChI=1S/C21H14Cl2N4/c22-18-2-1-13(7-19(18)23)27-11-12-9-25-5-3-14(12)16-8-20(24)15-4-6-26-10-17(15)21(16)27/h1-10H,11,24H2. The number of halogens is 2. The number of nitrogen functional groups attached to an aromatic ring is 1. The van der Waals surface area contributed by atoms with Gasteiger partial charge in [-0.05, 0) is 47.5 Å². The zero-order valence-electron chi connectivity index (χ0n) is 14.2. The topological polar surface area (TPSA) is 55.0 Å². The second-order valence-corrected chi connectivity index (χ2v) is 7.31. The molecule has 1 aliphatic rings. The molecule has 132 valence electrons. The number of benzene rings is 2. The number of aromatic nitrogens is 2. The van der Waals surface area contributed by atoms with Crippen molar-refractivity contribution < 1.29 is 0 Å². The van der Waals surface area contributed by atoms with Crippen LogP contribution >= 0.6 is 23.2 Å². The average molecular weight is 393 g/mol. The Balaban J connectivity index is 1.86. The van der Waals surface area contributed by atoms with Crippen LogP contribution in [0.5, 0.6) is 0 Å². The van der Waals surface area contributed by atoms with Crippen molar-refractivity contribution >= 4 is 51.0 Å². The van der Waals surface area contributed by atoms with E-state index in [0.29, 0.717) is 16.6 Å². The zero-order valence-corrected chi connectivity index (χ0v) is 15.7. The predicted octanol–water partition coefficient (Wildman–Crippen LogP) is 5.84. The van der Waals surface area contributed by atoms with E-state index in [1.54, 1.807) is 12.4 Å². The van der Waals surface area contributed by atoms with E-state index in [9.17, 15) is 0 Å². The van der Waals surface area contributed by atoms with Gasteiger partial charge in [0.15, 0.2) is 0 Å². The fourth-order valence-corrected chi connectivity index (χ4v) is 4.01. The Bertz CT molecular complexity index is 1210. The fraction of sp³-hybridized carbons (Fsp3) is 0.0476. The molecule has 2 aromatic carbocycles. The molecule has 6 heteroatoms. The number of fused-ring (bicyclic) bond motifs is 5. The smallest absolute Gasteiger partial charge is 0.0613 e. The van der Waals surface area contributed by atoms with E-state index in [1.165, 1.54) is 0 Å². The van der Waals surface area contributed by atoms with Crippen molar-refractivity contribution in [2.24, 2.45) is 0 Å². The highest BCUT2D eigenvalue weighted by Crippen LogP contribution is 2.48. The van der Waals surface area contributed by atoms with Crippen LogP contribution in [0, 0.1) is 0 Å². The molecule has 0 bridgehead atoms. The van der Waals surface area contributed by atoms with Gasteiger partial charge in [-0.1, -0.05) is 23.2 Å². The molecule has 3 heterocycles. The van der Waals surface area contributed by atoms with Crippen LogP contribution in [0.4, 0.5) is 17.1 Å². The molecule has 4 aromatic rings. The SMILES string of the molecule is Nc1cc2c(c3cnccc13)N(c1ccc(Cl)c(Cl)c1)Cc1cnccc1-2. The number of pyridine rings is 2. The Labute approximate surface area is 166 Å². The molecule has 0 radical (unpaired) electrons. The van der Waals surface area contributed by atoms with Crippen LogP contribution in [0.2, 0.25) is 10.0 Å². The van der Waals surface area contributed by atoms with Gasteiger partial charge in [0.05, 0.1) is 22.3 Å². The van der Waals surface area contributed by atoms with E-state index in [4.69, 9.17) is 28.9 Å². The molecular weight excluding hydrogens is 379 g/mol. The number of rotatable bonds is 1. The first kappa shape index (κ1) is 16.4. The summed E-state index contributed by atoms with van der Waals surface area (Å²) in [6, 6.07) is 11.7. The van der Waals surface area contributed by atoms with E-state index in [0.717, 1.165) is 44.5 Å². The summed E-state index contributed by atoms with van der Waals surface area (Å²) in [6.45, 7) is 0.669. The highest BCUT2D eigenvalue weighted by Gasteiger charge is 2.26. The van der Waals surface area contributed by atoms with Gasteiger partial charge in [-0.3, -0.25) is 9.97 Å². The Hall–Kier alpha value is -2.82. The molecule has 0 spiro atoms. The minimum absolute atomic E-state index is 0.519. The lowest BCUT2D eigenvalue weighted by Gasteiger charge is -2.34. The second-order valence-electron chi connectivity index (χ2n) is 6.50. The molecule has 0 unspecified atom stereocenters. The molecule has 0 fully saturated rings. The first-order valence-electron chi connectivity index (χ1n) is 8.45. The largest absolute Gasteiger partial charge is 0.398 e. The molecule has 0 saturated carbocycles. The zero-order chi connectivity index (χ0) is 18.5. The van der Waals surface area contributed by atoms with Gasteiger partial charge >= 0.3 is 0 Å². The maximum absolute atomic E-state index is 6.37. The first-order chi connectivity index (χ1) is 13.1. The third kappa shape index (κ3) is 2.52. The number of hydrogen-bond donors (Lipinski definition) is 1. The Morgan fingerprint density at radius 2 is 1.67 bits per heavy atom. The van der Waals surface area contributed by atoms with E-state index in [-0.39, 0.29) is 0 Å². The third-order valence-corrected chi connectivity index (χ3v) is 5.69. The second kappa shape index (κ2) is 6.12. The summed E-state index contributed by atoms with van der Waals surface area (Å²) in [7, 11) is 0. The number of nitrogens with two attached hydrogens (primary N) is 1. The van der Waals surface area contributed by atoms with Gasteiger partial charge in [0.1, 0.15) is 0 Å². The maximum atomic E-state index is 6.37. The van der Waals surface area contributed by atoms with Crippen molar-refractivity contribution in [3.8, 4) is 11.1 Å². The van der Waals surface area contributed by atoms with Crippen LogP contribution in [-0.4, -0.2) is 9.97 Å². The molecule has 2 N–H and O–H groups in total. The summed E-state index contributed by atoms with van der Waals surface area (Å²) in [4.78, 5) is 10.8. The van der Waals surface area contributed by atoms with Crippen LogP contribution in [0.25, 0.3) is 21.9 Å². The molecule has 2 aromatic heterocycles. The van der Waals surface area contributed by atoms with Crippen LogP contribution in [-0.2, 0) is 6.54 Å². The predicted molar refractivity (Wildman–Crippen MR) is 112 cm³/mol. The average Bonchev–Trinajstić information content (AvgIpc) is 2.70. The fourth-order valence-electron chi connectivity index (χ4n) is 3.72. The van der Waals surface area contributed by atoms with E-state index < -0.39 is 0 Å². The van der Waals surface area contributed by atoms with Crippen LogP contribution in [0.3, 0.4) is 0 Å². The summed E-state index contributed by atoms with van der Waals surface area (Å²) in [5.41, 5.74) is 12.4. The lowest BCUT2D eigenvalue weighted by atomic mass is 9.91. The number of anilines is 3. The molecule has 1 aliphatic heterocycles. The van der Waals surface area contributed by atoms with E-state index >= 15 is 0 Å². The lowest BCUT2D eigenvalue weighted by Crippen LogP contribution is -2.22. The minimum Gasteiger partial charge on any atom is -0.398 e. The van der Waals surface area contributed by atoms with Gasteiger partial charge in [0, 0.05) is 52.5 Å². The van der Waals surface area contributed by atoms with Gasteiger partial charge in [-0.2, -0.15) is 0 Å². The van der Waals surface area contributed by atoms with Crippen LogP contribution in [0.15, 0.2) is 61.2 Å². The van der Waals surface area contributed by atoms with Crippen LogP contribution in [0.1, 0.15) is 5.56 Å². The van der Waals surface area contributed by atoms with Crippen molar-refractivity contribution in [3.63, 3.8) is 0 Å². The van der Waals surface area contributed by atoms with Crippen LogP contribution < -0.4 is 10.6 Å². The van der Waals surface area contributed by atoms with E-state index in [1.807, 2.05) is 48.8 Å². The molecule has 5 rings (SSSR count). The summed E-state index contributed by atoms with van der Waals surface area (Å²) >= 11 is 12.4. The van der Waals surface area contributed by atoms with Crippen molar-refractivity contribution in [2.45, 2.75) is 6.54 Å². The summed E-state index contributed by atoms with van der Waals surface area (Å²) in [6.07, 6.45) is 7.32. The quantitative estimate of drug-likeness (QED) is 0.413. The van der Waals surface area contributed by atoms with Crippen molar-refractivity contribution in [1.29, 1.82) is 0 Å². The lowest BCUT2D eigenvalue weighted by molar-refractivity contribution is 0.955. The highest BCUT2D eigenvalue weighted by atomic mass is 35.5. The summed E-state index contributed by atoms with van der Waals surface area (Å²) in [5.74, 6) is 0. The molecule has 4 nitrogen and oxygen atoms in total. The van der Waals surface area contributed by atoms with Gasteiger partial charge in [-0.15, -0.1) is 0 Å². The van der Waals surface area contributed by atoms with E-state index in [2.05, 4.69) is 14.9 Å². The van der Waals surface area contributed by atoms with Gasteiger partial charge in [0.2, 0.25) is 0 Å². The number of hydrogen-bond acceptors (Lipinski definition) is 4. The van der Waals surface area contributed by atoms with Gasteiger partial charge in [0.25, 0.3) is 0 Å². The van der Waals surface area contributed by atoms with Crippen molar-refractivity contribution in [3.05, 3.63) is 76.8 Å². The summed E-state index contributed by atoms with van der Waals surface area (Å²) < 4.78 is 0. The highest BCUT2D eigenvalue weighted by molar-refractivity contribution is 6.42. The Kier molecular flexibility index (Phi) is 3.71. The first-order valence-corrected chi connectivity index (χ1v) is 9.21. The molecular formula is C21H14Cl2N4. The van der Waals surface area contributed by atoms with Crippen molar-refractivity contribution in [2.75, 3.05) is 10.6 Å². The summed E-state index contributed by atoms with van der Waals surface area (Å²) in [5, 5.41) is 3.03. The minimum atomic E-state index is 0.519. The monoisotopic (exact) mass is 392 g/mol. The molecule has 0 aliphatic carbocycles.